The molecule has 0 radical (unpaired) electrons. The fourth-order valence-electron chi connectivity index (χ4n) is 4.24. The first-order valence-corrected chi connectivity index (χ1v) is 14.9. The zero-order valence-corrected chi connectivity index (χ0v) is 25.5. The first kappa shape index (κ1) is 30.9. The number of sulfonamides is 1. The van der Waals surface area contributed by atoms with Crippen LogP contribution in [-0.2, 0) is 37.1 Å². The van der Waals surface area contributed by atoms with E-state index < -0.39 is 28.3 Å². The van der Waals surface area contributed by atoms with Gasteiger partial charge in [0.2, 0.25) is 15.9 Å². The lowest BCUT2D eigenvalue weighted by molar-refractivity contribution is -0.115. The van der Waals surface area contributed by atoms with Crippen LogP contribution in [0.1, 0.15) is 38.8 Å². The maximum Gasteiger partial charge on any atom is 0.494 e. The van der Waals surface area contributed by atoms with Crippen LogP contribution in [-0.4, -0.2) is 46.9 Å². The van der Waals surface area contributed by atoms with E-state index in [1.807, 2.05) is 27.7 Å². The van der Waals surface area contributed by atoms with E-state index in [-0.39, 0.29) is 29.5 Å². The van der Waals surface area contributed by atoms with Crippen LogP contribution >= 0.6 is 11.6 Å². The Hall–Kier alpha value is -3.09. The second-order valence-electron chi connectivity index (χ2n) is 10.7. The van der Waals surface area contributed by atoms with Gasteiger partial charge in [0.05, 0.1) is 36.7 Å². The minimum atomic E-state index is -4.05. The first-order chi connectivity index (χ1) is 19.2. The second-order valence-corrected chi connectivity index (χ2v) is 12.9. The number of carbonyl (C=O) groups is 1. The van der Waals surface area contributed by atoms with Crippen molar-refractivity contribution in [1.82, 2.24) is 4.72 Å². The number of rotatable bonds is 10. The van der Waals surface area contributed by atoms with Crippen LogP contribution in [0.25, 0.3) is 0 Å². The van der Waals surface area contributed by atoms with Crippen LogP contribution in [0.2, 0.25) is 5.02 Å². The number of anilines is 1. The molecule has 1 amide bonds. The van der Waals surface area contributed by atoms with Crippen molar-refractivity contribution in [2.75, 3.05) is 19.5 Å². The van der Waals surface area contributed by atoms with Crippen molar-refractivity contribution in [3.05, 3.63) is 76.8 Å². The molecule has 0 bridgehead atoms. The molecular formula is C29H34BClN2O7S. The molecule has 0 aliphatic carbocycles. The summed E-state index contributed by atoms with van der Waals surface area (Å²) in [5.41, 5.74) is 0.689. The minimum absolute atomic E-state index is 0.0119. The molecule has 1 fully saturated rings. The molecule has 1 heterocycles. The van der Waals surface area contributed by atoms with Gasteiger partial charge in [-0.05, 0) is 69.1 Å². The van der Waals surface area contributed by atoms with Crippen molar-refractivity contribution in [1.29, 1.82) is 0 Å². The predicted molar refractivity (Wildman–Crippen MR) is 160 cm³/mol. The number of amides is 1. The van der Waals surface area contributed by atoms with E-state index in [4.69, 9.17) is 30.4 Å². The third-order valence-electron chi connectivity index (χ3n) is 7.30. The summed E-state index contributed by atoms with van der Waals surface area (Å²) in [6.45, 7) is 7.59. The highest BCUT2D eigenvalue weighted by Gasteiger charge is 2.52. The molecule has 41 heavy (non-hydrogen) atoms. The maximum atomic E-state index is 13.5. The van der Waals surface area contributed by atoms with Crippen LogP contribution in [0.4, 0.5) is 5.69 Å². The van der Waals surface area contributed by atoms with Crippen LogP contribution in [0.3, 0.4) is 0 Å². The lowest BCUT2D eigenvalue weighted by Gasteiger charge is -2.32. The van der Waals surface area contributed by atoms with Crippen molar-refractivity contribution in [2.24, 2.45) is 0 Å². The monoisotopic (exact) mass is 600 g/mol. The third-order valence-corrected chi connectivity index (χ3v) is 9.05. The molecule has 1 aliphatic heterocycles. The summed E-state index contributed by atoms with van der Waals surface area (Å²) in [6, 6.07) is 16.7. The van der Waals surface area contributed by atoms with Crippen LogP contribution in [0.15, 0.2) is 65.6 Å². The number of ether oxygens (including phenoxy) is 2. The van der Waals surface area contributed by atoms with Gasteiger partial charge in [-0.1, -0.05) is 35.9 Å². The predicted octanol–water partition coefficient (Wildman–Crippen LogP) is 4.32. The first-order valence-electron chi connectivity index (χ1n) is 13.0. The fourth-order valence-corrected chi connectivity index (χ4v) is 5.53. The molecule has 3 aromatic rings. The Morgan fingerprint density at radius 1 is 0.927 bits per heavy atom. The van der Waals surface area contributed by atoms with E-state index in [0.29, 0.717) is 33.1 Å². The molecule has 0 unspecified atom stereocenters. The van der Waals surface area contributed by atoms with Crippen LogP contribution in [0, 0.1) is 0 Å². The van der Waals surface area contributed by atoms with Gasteiger partial charge >= 0.3 is 7.12 Å². The molecule has 1 aliphatic rings. The molecular weight excluding hydrogens is 567 g/mol. The zero-order chi connectivity index (χ0) is 30.0. The van der Waals surface area contributed by atoms with Crippen molar-refractivity contribution in [2.45, 2.75) is 56.8 Å². The van der Waals surface area contributed by atoms with Gasteiger partial charge in [-0.3, -0.25) is 4.79 Å². The highest BCUT2D eigenvalue weighted by atomic mass is 35.5. The van der Waals surface area contributed by atoms with Gasteiger partial charge in [0.15, 0.2) is 0 Å². The van der Waals surface area contributed by atoms with Crippen molar-refractivity contribution in [3.8, 4) is 11.5 Å². The molecule has 9 nitrogen and oxygen atoms in total. The Labute approximate surface area is 246 Å². The average Bonchev–Trinajstić information content (AvgIpc) is 3.14. The number of carbonyl (C=O) groups excluding carboxylic acids is 1. The normalized spacial score (nSPS) is 15.9. The Bertz CT molecular complexity index is 1530. The van der Waals surface area contributed by atoms with E-state index in [1.165, 1.54) is 26.4 Å². The summed E-state index contributed by atoms with van der Waals surface area (Å²) < 4.78 is 52.7. The van der Waals surface area contributed by atoms with Crippen LogP contribution in [0.5, 0.6) is 11.5 Å². The summed E-state index contributed by atoms with van der Waals surface area (Å²) in [7, 11) is -1.87. The Morgan fingerprint density at radius 3 is 2.24 bits per heavy atom. The van der Waals surface area contributed by atoms with Crippen molar-refractivity contribution >= 4 is 45.8 Å². The van der Waals surface area contributed by atoms with Gasteiger partial charge in [-0.15, -0.1) is 0 Å². The quantitative estimate of drug-likeness (QED) is 0.334. The highest BCUT2D eigenvalue weighted by Crippen LogP contribution is 2.37. The SMILES string of the molecule is COc1ccc(CNS(=O)(=O)c2cc(NC(=O)Cc3ccccc3Cl)cc(B3OC(C)(C)C(C)(C)O3)c2)c(OC)c1. The Morgan fingerprint density at radius 2 is 1.61 bits per heavy atom. The molecule has 218 valence electrons. The van der Waals surface area contributed by atoms with Gasteiger partial charge in [0.1, 0.15) is 11.5 Å². The molecule has 1 saturated heterocycles. The molecule has 3 aromatic carbocycles. The van der Waals surface area contributed by atoms with Gasteiger partial charge < -0.3 is 24.1 Å². The fraction of sp³-hybridized carbons (Fsp3) is 0.345. The van der Waals surface area contributed by atoms with E-state index >= 15 is 0 Å². The van der Waals surface area contributed by atoms with Gasteiger partial charge in [0.25, 0.3) is 0 Å². The number of methoxy groups -OCH3 is 2. The zero-order valence-electron chi connectivity index (χ0n) is 23.9. The molecule has 0 aromatic heterocycles. The minimum Gasteiger partial charge on any atom is -0.497 e. The van der Waals surface area contributed by atoms with Crippen molar-refractivity contribution in [3.63, 3.8) is 0 Å². The number of nitrogens with one attached hydrogen (secondary N) is 2. The van der Waals surface area contributed by atoms with E-state index in [9.17, 15) is 13.2 Å². The number of hydrogen-bond donors (Lipinski definition) is 2. The summed E-state index contributed by atoms with van der Waals surface area (Å²) in [5, 5.41) is 3.27. The summed E-state index contributed by atoms with van der Waals surface area (Å²) >= 11 is 6.23. The Balaban J connectivity index is 1.64. The topological polar surface area (TPSA) is 112 Å². The lowest BCUT2D eigenvalue weighted by atomic mass is 9.79. The molecule has 12 heteroatoms. The average molecular weight is 601 g/mol. The van der Waals surface area contributed by atoms with Crippen molar-refractivity contribution < 1.29 is 32.0 Å². The summed E-state index contributed by atoms with van der Waals surface area (Å²) in [4.78, 5) is 12.9. The number of benzene rings is 3. The summed E-state index contributed by atoms with van der Waals surface area (Å²) in [5.74, 6) is 0.703. The van der Waals surface area contributed by atoms with E-state index in [0.717, 1.165) is 0 Å². The largest absolute Gasteiger partial charge is 0.497 e. The molecule has 0 atom stereocenters. The van der Waals surface area contributed by atoms with Gasteiger partial charge in [-0.25, -0.2) is 13.1 Å². The van der Waals surface area contributed by atoms with Gasteiger partial charge in [-0.2, -0.15) is 0 Å². The molecule has 0 spiro atoms. The highest BCUT2D eigenvalue weighted by molar-refractivity contribution is 7.89. The smallest absolute Gasteiger partial charge is 0.494 e. The Kier molecular flexibility index (Phi) is 9.06. The van der Waals surface area contributed by atoms with E-state index in [1.54, 1.807) is 48.5 Å². The summed E-state index contributed by atoms with van der Waals surface area (Å²) in [6.07, 6.45) is 0.0119. The number of hydrogen-bond acceptors (Lipinski definition) is 7. The molecule has 2 N–H and O–H groups in total. The van der Waals surface area contributed by atoms with Gasteiger partial charge in [0, 0.05) is 28.9 Å². The lowest BCUT2D eigenvalue weighted by Crippen LogP contribution is -2.41. The van der Waals surface area contributed by atoms with Crippen LogP contribution < -0.4 is 25.0 Å². The van der Waals surface area contributed by atoms with E-state index in [2.05, 4.69) is 10.0 Å². The second kappa shape index (κ2) is 12.0. The third kappa shape index (κ3) is 7.05. The standard InChI is InChI=1S/C29H34BClN2O7S/c1-28(2)29(3,4)40-30(39-28)21-14-22(33-27(34)13-19-9-7-8-10-25(19)31)16-24(15-21)41(35,36)32-18-20-11-12-23(37-5)17-26(20)38-6/h7-12,14-17,32H,13,18H2,1-6H3,(H,33,34). The number of halogens is 1. The molecule has 4 rings (SSSR count). The maximum absolute atomic E-state index is 13.5. The molecule has 0 saturated carbocycles.